The van der Waals surface area contributed by atoms with Crippen LogP contribution >= 0.6 is 24.4 Å². The summed E-state index contributed by atoms with van der Waals surface area (Å²) < 4.78 is 0. The highest BCUT2D eigenvalue weighted by atomic mass is 32.1. The SMILES string of the molecule is S=C1NC(=S)C(C2CCCCC2)N1. The van der Waals surface area contributed by atoms with Crippen LogP contribution in [0.15, 0.2) is 0 Å². The summed E-state index contributed by atoms with van der Waals surface area (Å²) in [6, 6.07) is 0.322. The van der Waals surface area contributed by atoms with Crippen LogP contribution in [0.25, 0.3) is 0 Å². The molecule has 2 N–H and O–H groups in total. The third kappa shape index (κ3) is 1.99. The van der Waals surface area contributed by atoms with Crippen molar-refractivity contribution >= 4 is 34.5 Å². The number of hydrogen-bond acceptors (Lipinski definition) is 2. The lowest BCUT2D eigenvalue weighted by Gasteiger charge is -2.26. The fraction of sp³-hybridized carbons (Fsp3) is 0.778. The molecule has 1 aliphatic carbocycles. The minimum atomic E-state index is 0.322. The molecule has 13 heavy (non-hydrogen) atoms. The van der Waals surface area contributed by atoms with Crippen molar-refractivity contribution in [3.63, 3.8) is 0 Å². The fourth-order valence-corrected chi connectivity index (χ4v) is 2.89. The van der Waals surface area contributed by atoms with Gasteiger partial charge in [-0.2, -0.15) is 0 Å². The van der Waals surface area contributed by atoms with Crippen LogP contribution in [0.3, 0.4) is 0 Å². The van der Waals surface area contributed by atoms with Gasteiger partial charge >= 0.3 is 0 Å². The number of rotatable bonds is 1. The topological polar surface area (TPSA) is 24.1 Å². The van der Waals surface area contributed by atoms with E-state index in [9.17, 15) is 0 Å². The van der Waals surface area contributed by atoms with Crippen molar-refractivity contribution in [2.75, 3.05) is 0 Å². The first-order chi connectivity index (χ1) is 6.27. The predicted octanol–water partition coefficient (Wildman–Crippen LogP) is 1.74. The van der Waals surface area contributed by atoms with Gasteiger partial charge in [0.25, 0.3) is 0 Å². The van der Waals surface area contributed by atoms with E-state index in [1.54, 1.807) is 0 Å². The van der Waals surface area contributed by atoms with E-state index in [2.05, 4.69) is 10.6 Å². The average Bonchev–Trinajstić information content (AvgIpc) is 2.47. The van der Waals surface area contributed by atoms with Gasteiger partial charge in [-0.1, -0.05) is 31.5 Å². The maximum absolute atomic E-state index is 5.24. The van der Waals surface area contributed by atoms with Gasteiger partial charge in [0.15, 0.2) is 5.11 Å². The molecule has 1 saturated heterocycles. The largest absolute Gasteiger partial charge is 0.353 e. The zero-order chi connectivity index (χ0) is 9.26. The standard InChI is InChI=1S/C9H14N2S2/c12-8-7(10-9(13)11-8)6-4-2-1-3-5-6/h6-7H,1-5H2,(H2,10,11,12,13). The van der Waals surface area contributed by atoms with Crippen LogP contribution in [0.4, 0.5) is 0 Å². The van der Waals surface area contributed by atoms with Crippen molar-refractivity contribution in [2.45, 2.75) is 38.1 Å². The molecule has 0 bridgehead atoms. The van der Waals surface area contributed by atoms with Crippen LogP contribution in [-0.4, -0.2) is 16.1 Å². The monoisotopic (exact) mass is 214 g/mol. The first kappa shape index (κ1) is 9.34. The van der Waals surface area contributed by atoms with Gasteiger partial charge in [-0.15, -0.1) is 0 Å². The Balaban J connectivity index is 1.99. The fourth-order valence-electron chi connectivity index (χ4n) is 2.23. The van der Waals surface area contributed by atoms with Crippen molar-refractivity contribution in [3.05, 3.63) is 0 Å². The molecule has 0 aromatic heterocycles. The Labute approximate surface area is 89.5 Å². The minimum absolute atomic E-state index is 0.322. The first-order valence-corrected chi connectivity index (χ1v) is 5.70. The first-order valence-electron chi connectivity index (χ1n) is 4.89. The molecule has 2 rings (SSSR count). The maximum Gasteiger partial charge on any atom is 0.171 e. The Bertz CT molecular complexity index is 234. The minimum Gasteiger partial charge on any atom is -0.353 e. The molecule has 1 saturated carbocycles. The Morgan fingerprint density at radius 3 is 2.31 bits per heavy atom. The normalized spacial score (nSPS) is 30.0. The number of hydrogen-bond donors (Lipinski definition) is 2. The van der Waals surface area contributed by atoms with Gasteiger partial charge in [0.05, 0.1) is 6.04 Å². The third-order valence-corrected chi connectivity index (χ3v) is 3.50. The molecule has 1 aliphatic heterocycles. The summed E-state index contributed by atoms with van der Waals surface area (Å²) in [5, 5.41) is 6.98. The van der Waals surface area contributed by atoms with Crippen molar-refractivity contribution in [1.29, 1.82) is 0 Å². The summed E-state index contributed by atoms with van der Waals surface area (Å²) in [6.45, 7) is 0. The molecule has 72 valence electrons. The summed E-state index contributed by atoms with van der Waals surface area (Å²) >= 11 is 10.3. The second kappa shape index (κ2) is 3.88. The van der Waals surface area contributed by atoms with Crippen molar-refractivity contribution in [3.8, 4) is 0 Å². The van der Waals surface area contributed by atoms with Gasteiger partial charge in [-0.05, 0) is 31.0 Å². The van der Waals surface area contributed by atoms with Crippen molar-refractivity contribution in [1.82, 2.24) is 10.6 Å². The number of thiocarbonyl (C=S) groups is 2. The van der Waals surface area contributed by atoms with E-state index in [-0.39, 0.29) is 0 Å². The average molecular weight is 214 g/mol. The Morgan fingerprint density at radius 1 is 1.08 bits per heavy atom. The molecule has 2 fully saturated rings. The lowest BCUT2D eigenvalue weighted by molar-refractivity contribution is 0.334. The maximum atomic E-state index is 5.24. The molecule has 2 nitrogen and oxygen atoms in total. The molecule has 0 aromatic carbocycles. The zero-order valence-corrected chi connectivity index (χ0v) is 9.14. The smallest absolute Gasteiger partial charge is 0.171 e. The van der Waals surface area contributed by atoms with E-state index in [1.807, 2.05) is 0 Å². The molecular weight excluding hydrogens is 200 g/mol. The molecule has 0 radical (unpaired) electrons. The van der Waals surface area contributed by atoms with Gasteiger partial charge in [0.1, 0.15) is 4.99 Å². The van der Waals surface area contributed by atoms with Gasteiger partial charge in [-0.25, -0.2) is 0 Å². The van der Waals surface area contributed by atoms with Gasteiger partial charge in [0.2, 0.25) is 0 Å². The van der Waals surface area contributed by atoms with E-state index < -0.39 is 0 Å². The Hall–Kier alpha value is -0.220. The summed E-state index contributed by atoms with van der Waals surface area (Å²) in [7, 11) is 0. The third-order valence-electron chi connectivity index (χ3n) is 2.93. The van der Waals surface area contributed by atoms with E-state index in [0.29, 0.717) is 17.1 Å². The van der Waals surface area contributed by atoms with Crippen LogP contribution in [0.5, 0.6) is 0 Å². The molecular formula is C9H14N2S2. The molecule has 4 heteroatoms. The van der Waals surface area contributed by atoms with Crippen LogP contribution in [0.1, 0.15) is 32.1 Å². The van der Waals surface area contributed by atoms with Crippen LogP contribution < -0.4 is 10.6 Å². The molecule has 1 heterocycles. The molecule has 0 amide bonds. The van der Waals surface area contributed by atoms with Gasteiger partial charge in [-0.3, -0.25) is 0 Å². The molecule has 1 unspecified atom stereocenters. The summed E-state index contributed by atoms with van der Waals surface area (Å²) in [4.78, 5) is 0.900. The van der Waals surface area contributed by atoms with Crippen LogP contribution in [0.2, 0.25) is 0 Å². The van der Waals surface area contributed by atoms with Gasteiger partial charge < -0.3 is 10.6 Å². The Morgan fingerprint density at radius 2 is 1.77 bits per heavy atom. The summed E-state index contributed by atoms with van der Waals surface area (Å²) in [5.74, 6) is 0.703. The van der Waals surface area contributed by atoms with E-state index in [0.717, 1.165) is 4.99 Å². The highest BCUT2D eigenvalue weighted by molar-refractivity contribution is 7.82. The highest BCUT2D eigenvalue weighted by Gasteiger charge is 2.31. The lowest BCUT2D eigenvalue weighted by Crippen LogP contribution is -2.37. The van der Waals surface area contributed by atoms with Crippen LogP contribution in [-0.2, 0) is 0 Å². The van der Waals surface area contributed by atoms with Gasteiger partial charge in [0, 0.05) is 0 Å². The Kier molecular flexibility index (Phi) is 2.79. The molecule has 0 aromatic rings. The van der Waals surface area contributed by atoms with Crippen molar-refractivity contribution < 1.29 is 0 Å². The molecule has 1 atom stereocenters. The quantitative estimate of drug-likeness (QED) is 0.649. The second-order valence-electron chi connectivity index (χ2n) is 3.84. The zero-order valence-electron chi connectivity index (χ0n) is 7.51. The number of nitrogens with one attached hydrogen (secondary N) is 2. The highest BCUT2D eigenvalue weighted by Crippen LogP contribution is 2.27. The summed E-state index contributed by atoms with van der Waals surface area (Å²) in [6.07, 6.45) is 6.66. The molecule has 0 spiro atoms. The van der Waals surface area contributed by atoms with Crippen LogP contribution in [0, 0.1) is 5.92 Å². The van der Waals surface area contributed by atoms with E-state index in [4.69, 9.17) is 24.4 Å². The van der Waals surface area contributed by atoms with Crippen molar-refractivity contribution in [2.24, 2.45) is 5.92 Å². The lowest BCUT2D eigenvalue weighted by atomic mass is 9.84. The predicted molar refractivity (Wildman–Crippen MR) is 61.8 cm³/mol. The second-order valence-corrected chi connectivity index (χ2v) is 4.69. The van der Waals surface area contributed by atoms with E-state index >= 15 is 0 Å². The molecule has 2 aliphatic rings. The summed E-state index contributed by atoms with van der Waals surface area (Å²) in [5.41, 5.74) is 0. The van der Waals surface area contributed by atoms with E-state index in [1.165, 1.54) is 32.1 Å².